The fourth-order valence-electron chi connectivity index (χ4n) is 3.49. The minimum Gasteiger partial charge on any atom is -0.337 e. The topological polar surface area (TPSA) is 59.2 Å². The van der Waals surface area contributed by atoms with Crippen molar-refractivity contribution in [1.29, 1.82) is 0 Å². The molecular formula is C21H15N3O2. The third-order valence-electron chi connectivity index (χ3n) is 4.69. The van der Waals surface area contributed by atoms with Crippen molar-refractivity contribution in [2.24, 2.45) is 0 Å². The number of carbonyl (C=O) groups excluding carboxylic acids is 1. The molecule has 0 unspecified atom stereocenters. The Hall–Kier alpha value is -3.47. The SMILES string of the molecule is Cc1cccc(-c2noc(CN3C(=O)c4cccc5cccc3c45)n2)c1. The fourth-order valence-corrected chi connectivity index (χ4v) is 3.49. The Morgan fingerprint density at radius 1 is 1.04 bits per heavy atom. The molecule has 0 spiro atoms. The molecule has 0 fully saturated rings. The molecular weight excluding hydrogens is 326 g/mol. The Morgan fingerprint density at radius 2 is 1.85 bits per heavy atom. The number of aryl methyl sites for hydroxylation is 1. The molecule has 0 aliphatic carbocycles. The van der Waals surface area contributed by atoms with Crippen LogP contribution in [0, 0.1) is 6.92 Å². The molecule has 4 aromatic rings. The summed E-state index contributed by atoms with van der Waals surface area (Å²) < 4.78 is 5.41. The molecule has 26 heavy (non-hydrogen) atoms. The zero-order valence-corrected chi connectivity index (χ0v) is 14.1. The lowest BCUT2D eigenvalue weighted by atomic mass is 10.1. The van der Waals surface area contributed by atoms with E-state index in [9.17, 15) is 4.79 Å². The van der Waals surface area contributed by atoms with Gasteiger partial charge >= 0.3 is 0 Å². The molecule has 1 aliphatic rings. The molecule has 126 valence electrons. The number of anilines is 1. The first-order chi connectivity index (χ1) is 12.7. The summed E-state index contributed by atoms with van der Waals surface area (Å²) in [7, 11) is 0. The molecule has 0 radical (unpaired) electrons. The van der Waals surface area contributed by atoms with Crippen LogP contribution in [0.2, 0.25) is 0 Å². The zero-order chi connectivity index (χ0) is 17.7. The lowest BCUT2D eigenvalue weighted by Crippen LogP contribution is -2.26. The van der Waals surface area contributed by atoms with Crippen molar-refractivity contribution >= 4 is 22.4 Å². The van der Waals surface area contributed by atoms with E-state index < -0.39 is 0 Å². The third-order valence-corrected chi connectivity index (χ3v) is 4.69. The van der Waals surface area contributed by atoms with Crippen LogP contribution in [0.5, 0.6) is 0 Å². The highest BCUT2D eigenvalue weighted by Crippen LogP contribution is 2.37. The standard InChI is InChI=1S/C21H15N3O2/c1-13-5-2-8-15(11-13)20-22-18(26-23-20)12-24-17-10-4-7-14-6-3-9-16(19(14)17)21(24)25/h2-11H,12H2,1H3. The first-order valence-electron chi connectivity index (χ1n) is 8.44. The molecule has 5 rings (SSSR count). The van der Waals surface area contributed by atoms with E-state index >= 15 is 0 Å². The summed E-state index contributed by atoms with van der Waals surface area (Å²) >= 11 is 0. The molecule has 3 aromatic carbocycles. The van der Waals surface area contributed by atoms with Gasteiger partial charge in [0.25, 0.3) is 5.91 Å². The van der Waals surface area contributed by atoms with Crippen LogP contribution >= 0.6 is 0 Å². The highest BCUT2D eigenvalue weighted by Gasteiger charge is 2.30. The van der Waals surface area contributed by atoms with Gasteiger partial charge in [-0.05, 0) is 30.5 Å². The van der Waals surface area contributed by atoms with Crippen LogP contribution in [-0.2, 0) is 6.54 Å². The smallest absolute Gasteiger partial charge is 0.259 e. The molecule has 5 nitrogen and oxygen atoms in total. The van der Waals surface area contributed by atoms with Gasteiger partial charge in [-0.1, -0.05) is 53.2 Å². The van der Waals surface area contributed by atoms with Crippen molar-refractivity contribution in [2.75, 3.05) is 4.90 Å². The van der Waals surface area contributed by atoms with Crippen molar-refractivity contribution in [3.05, 3.63) is 77.7 Å². The Labute approximate surface area is 149 Å². The average Bonchev–Trinajstić information content (AvgIpc) is 3.23. The lowest BCUT2D eigenvalue weighted by molar-refractivity contribution is 0.0988. The van der Waals surface area contributed by atoms with Gasteiger partial charge in [-0.3, -0.25) is 9.69 Å². The highest BCUT2D eigenvalue weighted by molar-refractivity contribution is 6.24. The first kappa shape index (κ1) is 14.8. The number of amides is 1. The van der Waals surface area contributed by atoms with E-state index in [4.69, 9.17) is 4.52 Å². The number of hydrogen-bond acceptors (Lipinski definition) is 4. The molecule has 0 saturated heterocycles. The largest absolute Gasteiger partial charge is 0.337 e. The molecule has 0 bridgehead atoms. The average molecular weight is 341 g/mol. The van der Waals surface area contributed by atoms with E-state index in [0.29, 0.717) is 11.7 Å². The second-order valence-electron chi connectivity index (χ2n) is 6.45. The maximum Gasteiger partial charge on any atom is 0.259 e. The van der Waals surface area contributed by atoms with Crippen molar-refractivity contribution in [3.8, 4) is 11.4 Å². The maximum atomic E-state index is 12.8. The lowest BCUT2D eigenvalue weighted by Gasteiger charge is -2.14. The molecule has 5 heteroatoms. The first-order valence-corrected chi connectivity index (χ1v) is 8.44. The minimum atomic E-state index is -0.0351. The van der Waals surface area contributed by atoms with Crippen LogP contribution in [0.1, 0.15) is 21.8 Å². The molecule has 0 atom stereocenters. The minimum absolute atomic E-state index is 0.0351. The van der Waals surface area contributed by atoms with Gasteiger partial charge in [-0.15, -0.1) is 0 Å². The van der Waals surface area contributed by atoms with Crippen LogP contribution in [0.3, 0.4) is 0 Å². The zero-order valence-electron chi connectivity index (χ0n) is 14.1. The van der Waals surface area contributed by atoms with Gasteiger partial charge in [-0.2, -0.15) is 4.98 Å². The normalized spacial score (nSPS) is 13.0. The van der Waals surface area contributed by atoms with E-state index in [2.05, 4.69) is 10.1 Å². The van der Waals surface area contributed by atoms with Gasteiger partial charge in [0.05, 0.1) is 5.69 Å². The predicted molar refractivity (Wildman–Crippen MR) is 98.9 cm³/mol. The number of benzene rings is 3. The van der Waals surface area contributed by atoms with Gasteiger partial charge in [0.15, 0.2) is 0 Å². The maximum absolute atomic E-state index is 12.8. The van der Waals surface area contributed by atoms with Crippen LogP contribution in [0.25, 0.3) is 22.2 Å². The Kier molecular flexibility index (Phi) is 3.15. The van der Waals surface area contributed by atoms with E-state index in [1.165, 1.54) is 0 Å². The van der Waals surface area contributed by atoms with Crippen LogP contribution in [0.4, 0.5) is 5.69 Å². The van der Waals surface area contributed by atoms with Crippen molar-refractivity contribution < 1.29 is 9.32 Å². The van der Waals surface area contributed by atoms with E-state index in [1.54, 1.807) is 4.90 Å². The van der Waals surface area contributed by atoms with Crippen LogP contribution in [-0.4, -0.2) is 16.0 Å². The van der Waals surface area contributed by atoms with E-state index in [0.717, 1.165) is 33.2 Å². The molecule has 1 amide bonds. The molecule has 1 aliphatic heterocycles. The van der Waals surface area contributed by atoms with Gasteiger partial charge in [0, 0.05) is 16.5 Å². The van der Waals surface area contributed by atoms with E-state index in [-0.39, 0.29) is 12.5 Å². The molecule has 0 N–H and O–H groups in total. The monoisotopic (exact) mass is 341 g/mol. The number of carbonyl (C=O) groups is 1. The number of nitrogens with zero attached hydrogens (tertiary/aromatic N) is 3. The second kappa shape index (κ2) is 5.52. The Bertz CT molecular complexity index is 1160. The van der Waals surface area contributed by atoms with Gasteiger partial charge in [-0.25, -0.2) is 0 Å². The number of rotatable bonds is 3. The quantitative estimate of drug-likeness (QED) is 0.555. The van der Waals surface area contributed by atoms with Crippen molar-refractivity contribution in [1.82, 2.24) is 10.1 Å². The summed E-state index contributed by atoms with van der Waals surface area (Å²) in [5.41, 5.74) is 3.64. The number of aromatic nitrogens is 2. The third kappa shape index (κ3) is 2.21. The molecule has 2 heterocycles. The van der Waals surface area contributed by atoms with Gasteiger partial charge < -0.3 is 4.52 Å². The van der Waals surface area contributed by atoms with Crippen molar-refractivity contribution in [2.45, 2.75) is 13.5 Å². The highest BCUT2D eigenvalue weighted by atomic mass is 16.5. The van der Waals surface area contributed by atoms with Gasteiger partial charge in [0.1, 0.15) is 6.54 Å². The van der Waals surface area contributed by atoms with E-state index in [1.807, 2.05) is 67.6 Å². The fraction of sp³-hybridized carbons (Fsp3) is 0.0952. The van der Waals surface area contributed by atoms with Crippen LogP contribution in [0.15, 0.2) is 65.2 Å². The summed E-state index contributed by atoms with van der Waals surface area (Å²) in [6, 6.07) is 19.6. The Balaban J connectivity index is 1.50. The summed E-state index contributed by atoms with van der Waals surface area (Å²) in [6.07, 6.45) is 0. The summed E-state index contributed by atoms with van der Waals surface area (Å²) in [5, 5.41) is 6.11. The molecule has 0 saturated carbocycles. The second-order valence-corrected chi connectivity index (χ2v) is 6.45. The summed E-state index contributed by atoms with van der Waals surface area (Å²) in [4.78, 5) is 19.0. The summed E-state index contributed by atoms with van der Waals surface area (Å²) in [6.45, 7) is 2.27. The number of hydrogen-bond donors (Lipinski definition) is 0. The van der Waals surface area contributed by atoms with Crippen LogP contribution < -0.4 is 4.90 Å². The molecule has 1 aromatic heterocycles. The van der Waals surface area contributed by atoms with Crippen molar-refractivity contribution in [3.63, 3.8) is 0 Å². The summed E-state index contributed by atoms with van der Waals surface area (Å²) in [5.74, 6) is 0.915. The Morgan fingerprint density at radius 3 is 2.69 bits per heavy atom. The van der Waals surface area contributed by atoms with Gasteiger partial charge in [0.2, 0.25) is 11.7 Å². The predicted octanol–water partition coefficient (Wildman–Crippen LogP) is 4.36.